The van der Waals surface area contributed by atoms with Gasteiger partial charge in [-0.3, -0.25) is 4.79 Å². The summed E-state index contributed by atoms with van der Waals surface area (Å²) >= 11 is 1.49. The molecule has 0 radical (unpaired) electrons. The average molecular weight is 359 g/mol. The smallest absolute Gasteiger partial charge is 0.237 e. The van der Waals surface area contributed by atoms with Crippen LogP contribution in [0.15, 0.2) is 41.8 Å². The lowest BCUT2D eigenvalue weighted by Gasteiger charge is -2.28. The fourth-order valence-electron chi connectivity index (χ4n) is 3.02. The van der Waals surface area contributed by atoms with Crippen molar-refractivity contribution < 1.29 is 4.79 Å². The van der Waals surface area contributed by atoms with Crippen molar-refractivity contribution in [3.8, 4) is 0 Å². The summed E-state index contributed by atoms with van der Waals surface area (Å²) in [5.41, 5.74) is 2.09. The topological polar surface area (TPSA) is 50.2 Å². The summed E-state index contributed by atoms with van der Waals surface area (Å²) in [6.07, 6.45) is 7.57. The van der Waals surface area contributed by atoms with Crippen LogP contribution in [0.1, 0.15) is 33.1 Å². The van der Waals surface area contributed by atoms with E-state index in [4.69, 9.17) is 0 Å². The van der Waals surface area contributed by atoms with E-state index in [2.05, 4.69) is 34.3 Å². The second-order valence-corrected chi connectivity index (χ2v) is 7.65. The second kappa shape index (κ2) is 8.43. The van der Waals surface area contributed by atoms with E-state index in [0.717, 1.165) is 30.5 Å². The Bertz CT molecular complexity index is 692. The predicted molar refractivity (Wildman–Crippen MR) is 104 cm³/mol. The quantitative estimate of drug-likeness (QED) is 0.793. The molecule has 1 unspecified atom stereocenters. The minimum atomic E-state index is -0.200. The van der Waals surface area contributed by atoms with Gasteiger partial charge in [-0.25, -0.2) is 4.98 Å². The summed E-state index contributed by atoms with van der Waals surface area (Å²) in [6, 6.07) is 8.18. The van der Waals surface area contributed by atoms with E-state index in [9.17, 15) is 4.79 Å². The van der Waals surface area contributed by atoms with Crippen LogP contribution in [0.2, 0.25) is 0 Å². The van der Waals surface area contributed by atoms with E-state index in [-0.39, 0.29) is 11.2 Å². The van der Waals surface area contributed by atoms with Gasteiger partial charge >= 0.3 is 0 Å². The fraction of sp³-hybridized carbons (Fsp3) is 0.474. The molecule has 0 spiro atoms. The first-order valence-corrected chi connectivity index (χ1v) is 9.89. The van der Waals surface area contributed by atoms with Gasteiger partial charge in [0.2, 0.25) is 5.91 Å². The average Bonchev–Trinajstić information content (AvgIpc) is 3.10. The van der Waals surface area contributed by atoms with Gasteiger partial charge in [0.25, 0.3) is 0 Å². The molecule has 1 saturated heterocycles. The number of anilines is 2. The van der Waals surface area contributed by atoms with Crippen LogP contribution in [0.4, 0.5) is 11.4 Å². The molecule has 0 saturated carbocycles. The number of aryl methyl sites for hydroxylation is 1. The van der Waals surface area contributed by atoms with Crippen LogP contribution in [-0.2, 0) is 11.3 Å². The Kier molecular flexibility index (Phi) is 6.02. The molecule has 25 heavy (non-hydrogen) atoms. The van der Waals surface area contributed by atoms with Gasteiger partial charge in [0.15, 0.2) is 5.16 Å². The molecule has 1 aliphatic heterocycles. The van der Waals surface area contributed by atoms with E-state index in [1.165, 1.54) is 36.7 Å². The van der Waals surface area contributed by atoms with E-state index >= 15 is 0 Å². The van der Waals surface area contributed by atoms with Crippen molar-refractivity contribution in [2.75, 3.05) is 23.3 Å². The number of benzene rings is 1. The Labute approximate surface area is 153 Å². The monoisotopic (exact) mass is 358 g/mol. The molecular formula is C19H26N4OS. The Morgan fingerprint density at radius 1 is 1.24 bits per heavy atom. The predicted octanol–water partition coefficient (Wildman–Crippen LogP) is 4.01. The molecule has 1 aromatic heterocycles. The molecule has 6 heteroatoms. The molecule has 1 aliphatic rings. The Morgan fingerprint density at radius 3 is 2.64 bits per heavy atom. The van der Waals surface area contributed by atoms with Gasteiger partial charge < -0.3 is 14.8 Å². The van der Waals surface area contributed by atoms with Crippen molar-refractivity contribution >= 4 is 29.0 Å². The van der Waals surface area contributed by atoms with Gasteiger partial charge in [0.1, 0.15) is 0 Å². The van der Waals surface area contributed by atoms with Crippen LogP contribution in [-0.4, -0.2) is 33.8 Å². The Morgan fingerprint density at radius 2 is 1.96 bits per heavy atom. The zero-order chi connectivity index (χ0) is 17.6. The largest absolute Gasteiger partial charge is 0.372 e. The Balaban J connectivity index is 1.56. The molecule has 2 aromatic rings. The van der Waals surface area contributed by atoms with Crippen molar-refractivity contribution in [1.29, 1.82) is 0 Å². The number of carbonyl (C=O) groups is 1. The summed E-state index contributed by atoms with van der Waals surface area (Å²) in [6.45, 7) is 7.10. The third kappa shape index (κ3) is 4.57. The highest BCUT2D eigenvalue weighted by Crippen LogP contribution is 2.24. The molecule has 1 N–H and O–H groups in total. The van der Waals surface area contributed by atoms with Crippen LogP contribution < -0.4 is 10.2 Å². The minimum Gasteiger partial charge on any atom is -0.372 e. The maximum atomic E-state index is 12.4. The van der Waals surface area contributed by atoms with Gasteiger partial charge in [0, 0.05) is 43.4 Å². The zero-order valence-electron chi connectivity index (χ0n) is 14.9. The van der Waals surface area contributed by atoms with E-state index in [1.807, 2.05) is 29.8 Å². The highest BCUT2D eigenvalue weighted by Gasteiger charge is 2.17. The number of hydrogen-bond donors (Lipinski definition) is 1. The number of nitrogens with one attached hydrogen (secondary N) is 1. The molecule has 0 bridgehead atoms. The number of piperidine rings is 1. The number of aromatic nitrogens is 2. The molecule has 3 rings (SSSR count). The number of imidazole rings is 1. The van der Waals surface area contributed by atoms with Crippen molar-refractivity contribution in [2.45, 2.75) is 50.1 Å². The first-order valence-electron chi connectivity index (χ1n) is 9.01. The molecule has 5 nitrogen and oxygen atoms in total. The van der Waals surface area contributed by atoms with Crippen molar-refractivity contribution in [2.24, 2.45) is 0 Å². The molecular weight excluding hydrogens is 332 g/mol. The maximum absolute atomic E-state index is 12.4. The van der Waals surface area contributed by atoms with E-state index in [0.29, 0.717) is 0 Å². The van der Waals surface area contributed by atoms with Crippen LogP contribution >= 0.6 is 11.8 Å². The third-order valence-electron chi connectivity index (χ3n) is 4.53. The number of thioether (sulfide) groups is 1. The minimum absolute atomic E-state index is 0.00127. The molecule has 1 amide bonds. The lowest BCUT2D eigenvalue weighted by atomic mass is 10.1. The highest BCUT2D eigenvalue weighted by atomic mass is 32.2. The van der Waals surface area contributed by atoms with Crippen LogP contribution in [0.25, 0.3) is 0 Å². The normalized spacial score (nSPS) is 15.8. The Hall–Kier alpha value is -1.95. The van der Waals surface area contributed by atoms with E-state index in [1.54, 1.807) is 6.20 Å². The highest BCUT2D eigenvalue weighted by molar-refractivity contribution is 8.00. The third-order valence-corrected chi connectivity index (χ3v) is 5.64. The summed E-state index contributed by atoms with van der Waals surface area (Å²) in [5.74, 6) is 0.00127. The van der Waals surface area contributed by atoms with Gasteiger partial charge in [-0.05, 0) is 57.4 Å². The van der Waals surface area contributed by atoms with E-state index < -0.39 is 0 Å². The number of rotatable bonds is 6. The van der Waals surface area contributed by atoms with Gasteiger partial charge in [-0.2, -0.15) is 0 Å². The first-order chi connectivity index (χ1) is 12.2. The number of carbonyl (C=O) groups excluding carboxylic acids is 1. The summed E-state index contributed by atoms with van der Waals surface area (Å²) < 4.78 is 2.04. The van der Waals surface area contributed by atoms with Crippen LogP contribution in [0.3, 0.4) is 0 Å². The number of amides is 1. The standard InChI is InChI=1S/C19H26N4OS/c1-3-22-14-11-20-19(22)25-15(2)18(24)21-16-7-9-17(10-8-16)23-12-5-4-6-13-23/h7-11,14-15H,3-6,12-13H2,1-2H3,(H,21,24). The summed E-state index contributed by atoms with van der Waals surface area (Å²) in [7, 11) is 0. The molecule has 134 valence electrons. The lowest BCUT2D eigenvalue weighted by molar-refractivity contribution is -0.115. The molecule has 1 atom stereocenters. The van der Waals surface area contributed by atoms with Crippen molar-refractivity contribution in [3.05, 3.63) is 36.7 Å². The SMILES string of the molecule is CCn1ccnc1SC(C)C(=O)Nc1ccc(N2CCCCC2)cc1. The molecule has 2 heterocycles. The summed E-state index contributed by atoms with van der Waals surface area (Å²) in [5, 5.41) is 3.69. The molecule has 1 fully saturated rings. The van der Waals surface area contributed by atoms with Crippen molar-refractivity contribution in [3.63, 3.8) is 0 Å². The van der Waals surface area contributed by atoms with Gasteiger partial charge in [0.05, 0.1) is 5.25 Å². The van der Waals surface area contributed by atoms with Crippen molar-refractivity contribution in [1.82, 2.24) is 9.55 Å². The number of hydrogen-bond acceptors (Lipinski definition) is 4. The van der Waals surface area contributed by atoms with Gasteiger partial charge in [-0.1, -0.05) is 11.8 Å². The molecule has 1 aromatic carbocycles. The first kappa shape index (κ1) is 17.9. The zero-order valence-corrected chi connectivity index (χ0v) is 15.8. The van der Waals surface area contributed by atoms with Crippen LogP contribution in [0.5, 0.6) is 0 Å². The fourth-order valence-corrected chi connectivity index (χ4v) is 3.95. The number of nitrogens with zero attached hydrogens (tertiary/aromatic N) is 3. The summed E-state index contributed by atoms with van der Waals surface area (Å²) in [4.78, 5) is 19.2. The maximum Gasteiger partial charge on any atom is 0.237 e. The van der Waals surface area contributed by atoms with Crippen LogP contribution in [0, 0.1) is 0 Å². The molecule has 0 aliphatic carbocycles. The lowest BCUT2D eigenvalue weighted by Crippen LogP contribution is -2.29. The second-order valence-electron chi connectivity index (χ2n) is 6.34. The van der Waals surface area contributed by atoms with Gasteiger partial charge in [-0.15, -0.1) is 0 Å².